The smallest absolute Gasteiger partial charge is 0.272 e. The lowest BCUT2D eigenvalue weighted by Crippen LogP contribution is -2.31. The topological polar surface area (TPSA) is 46.6 Å². The molecule has 0 bridgehead atoms. The summed E-state index contributed by atoms with van der Waals surface area (Å²) in [6.07, 6.45) is 0.0462. The van der Waals surface area contributed by atoms with Crippen molar-refractivity contribution in [2.45, 2.75) is 39.6 Å². The van der Waals surface area contributed by atoms with Crippen molar-refractivity contribution in [2.24, 2.45) is 0 Å². The Labute approximate surface area is 199 Å². The number of hydrogen-bond acceptors (Lipinski definition) is 4. The lowest BCUT2D eigenvalue weighted by atomic mass is 10.0. The summed E-state index contributed by atoms with van der Waals surface area (Å²) in [4.78, 5) is 28.9. The molecular formula is C28H27NO3S. The monoisotopic (exact) mass is 457 g/mol. The van der Waals surface area contributed by atoms with Gasteiger partial charge in [-0.25, -0.2) is 4.90 Å². The third kappa shape index (κ3) is 4.88. The molecule has 1 aliphatic heterocycles. The summed E-state index contributed by atoms with van der Waals surface area (Å²) >= 11 is 1.41. The van der Waals surface area contributed by atoms with Crippen molar-refractivity contribution in [3.63, 3.8) is 0 Å². The number of thioether (sulfide) groups is 1. The van der Waals surface area contributed by atoms with E-state index in [9.17, 15) is 9.59 Å². The van der Waals surface area contributed by atoms with Crippen LogP contribution in [0, 0.1) is 13.8 Å². The summed E-state index contributed by atoms with van der Waals surface area (Å²) in [5, 5.41) is 0. The fraction of sp³-hybridized carbons (Fsp3) is 0.214. The zero-order valence-corrected chi connectivity index (χ0v) is 20.1. The van der Waals surface area contributed by atoms with E-state index < -0.39 is 0 Å². The van der Waals surface area contributed by atoms with Gasteiger partial charge in [-0.15, -0.1) is 11.8 Å². The fourth-order valence-electron chi connectivity index (χ4n) is 3.71. The summed E-state index contributed by atoms with van der Waals surface area (Å²) in [5.41, 5.74) is 5.11. The summed E-state index contributed by atoms with van der Waals surface area (Å²) < 4.78 is 5.71. The molecule has 3 aromatic rings. The van der Waals surface area contributed by atoms with E-state index in [2.05, 4.69) is 0 Å². The molecule has 0 atom stereocenters. The first-order valence-corrected chi connectivity index (χ1v) is 12.0. The van der Waals surface area contributed by atoms with Crippen LogP contribution in [0.1, 0.15) is 36.1 Å². The van der Waals surface area contributed by atoms with Gasteiger partial charge in [0.15, 0.2) is 0 Å². The van der Waals surface area contributed by atoms with Gasteiger partial charge in [0.1, 0.15) is 5.75 Å². The molecule has 1 aliphatic rings. The third-order valence-corrected chi connectivity index (χ3v) is 6.67. The van der Waals surface area contributed by atoms with Gasteiger partial charge in [-0.05, 0) is 74.2 Å². The van der Waals surface area contributed by atoms with Crippen LogP contribution in [0.3, 0.4) is 0 Å². The first-order valence-electron chi connectivity index (χ1n) is 11.0. The quantitative estimate of drug-likeness (QED) is 0.390. The molecule has 0 saturated carbocycles. The first-order chi connectivity index (χ1) is 15.8. The predicted octanol–water partition coefficient (Wildman–Crippen LogP) is 6.31. The minimum atomic E-state index is -0.295. The normalized spacial score (nSPS) is 13.9. The van der Waals surface area contributed by atoms with Crippen molar-refractivity contribution in [3.8, 4) is 5.75 Å². The average Bonchev–Trinajstić information content (AvgIpc) is 3.04. The number of nitrogens with zero attached hydrogens (tertiary/aromatic N) is 1. The molecular weight excluding hydrogens is 430 g/mol. The Bertz CT molecular complexity index is 1210. The number of hydrogen-bond donors (Lipinski definition) is 0. The second-order valence-electron chi connectivity index (χ2n) is 8.38. The molecule has 0 spiro atoms. The number of carbonyl (C=O) groups excluding carboxylic acids is 2. The number of aryl methyl sites for hydroxylation is 2. The standard InChI is InChI=1S/C28H27NO3S/c1-18(2)32-24-14-12-23(13-15-24)29-27(30)25(22-11-10-19(3)20(4)16-22)26(28(29)31)33-17-21-8-6-5-7-9-21/h5-16,18H,17H2,1-4H3. The van der Waals surface area contributed by atoms with Crippen molar-refractivity contribution in [2.75, 3.05) is 4.90 Å². The van der Waals surface area contributed by atoms with Crippen LogP contribution >= 0.6 is 11.8 Å². The largest absolute Gasteiger partial charge is 0.491 e. The van der Waals surface area contributed by atoms with Crippen molar-refractivity contribution < 1.29 is 14.3 Å². The molecule has 4 nitrogen and oxygen atoms in total. The van der Waals surface area contributed by atoms with Gasteiger partial charge in [-0.1, -0.05) is 48.5 Å². The van der Waals surface area contributed by atoms with E-state index in [0.29, 0.717) is 27.7 Å². The van der Waals surface area contributed by atoms with Crippen LogP contribution in [0.25, 0.3) is 5.57 Å². The van der Waals surface area contributed by atoms with Gasteiger partial charge in [0.2, 0.25) is 0 Å². The molecule has 3 aromatic carbocycles. The zero-order chi connectivity index (χ0) is 23.5. The van der Waals surface area contributed by atoms with E-state index in [1.54, 1.807) is 24.3 Å². The van der Waals surface area contributed by atoms with Crippen LogP contribution < -0.4 is 9.64 Å². The Kier molecular flexibility index (Phi) is 6.70. The van der Waals surface area contributed by atoms with Crippen LogP contribution in [-0.4, -0.2) is 17.9 Å². The second kappa shape index (κ2) is 9.67. The van der Waals surface area contributed by atoms with Gasteiger partial charge in [0.25, 0.3) is 11.8 Å². The summed E-state index contributed by atoms with van der Waals surface area (Å²) in [7, 11) is 0. The second-order valence-corrected chi connectivity index (χ2v) is 9.37. The Balaban J connectivity index is 1.71. The summed E-state index contributed by atoms with van der Waals surface area (Å²) in [5.74, 6) is 0.732. The Morgan fingerprint density at radius 1 is 0.848 bits per heavy atom. The van der Waals surface area contributed by atoms with Crippen LogP contribution in [0.4, 0.5) is 5.69 Å². The minimum Gasteiger partial charge on any atom is -0.491 e. The van der Waals surface area contributed by atoms with Crippen molar-refractivity contribution in [3.05, 3.63) is 100.0 Å². The highest BCUT2D eigenvalue weighted by Crippen LogP contribution is 2.40. The van der Waals surface area contributed by atoms with Crippen LogP contribution in [0.15, 0.2) is 77.7 Å². The number of rotatable bonds is 7. The molecule has 0 aliphatic carbocycles. The molecule has 2 amide bonds. The molecule has 0 fully saturated rings. The summed E-state index contributed by atoms with van der Waals surface area (Å²) in [6.45, 7) is 7.96. The van der Waals surface area contributed by atoms with Crippen LogP contribution in [-0.2, 0) is 15.3 Å². The maximum atomic E-state index is 13.6. The lowest BCUT2D eigenvalue weighted by Gasteiger charge is -2.16. The highest BCUT2D eigenvalue weighted by molar-refractivity contribution is 8.03. The van der Waals surface area contributed by atoms with Gasteiger partial charge in [0, 0.05) is 5.75 Å². The van der Waals surface area contributed by atoms with Crippen LogP contribution in [0.2, 0.25) is 0 Å². The maximum absolute atomic E-state index is 13.6. The van der Waals surface area contributed by atoms with Gasteiger partial charge in [-0.3, -0.25) is 9.59 Å². The lowest BCUT2D eigenvalue weighted by molar-refractivity contribution is -0.119. The molecule has 0 radical (unpaired) electrons. The van der Waals surface area contributed by atoms with E-state index in [-0.39, 0.29) is 17.9 Å². The van der Waals surface area contributed by atoms with E-state index >= 15 is 0 Å². The molecule has 1 heterocycles. The number of benzene rings is 3. The third-order valence-electron chi connectivity index (χ3n) is 5.53. The number of anilines is 1. The highest BCUT2D eigenvalue weighted by atomic mass is 32.2. The Morgan fingerprint density at radius 3 is 2.18 bits per heavy atom. The van der Waals surface area contributed by atoms with Crippen molar-refractivity contribution >= 4 is 34.8 Å². The van der Waals surface area contributed by atoms with Gasteiger partial charge in [0.05, 0.1) is 22.3 Å². The first kappa shape index (κ1) is 22.9. The summed E-state index contributed by atoms with van der Waals surface area (Å²) in [6, 6.07) is 23.0. The molecule has 33 heavy (non-hydrogen) atoms. The van der Waals surface area contributed by atoms with E-state index in [1.165, 1.54) is 16.7 Å². The van der Waals surface area contributed by atoms with Crippen molar-refractivity contribution in [1.82, 2.24) is 0 Å². The van der Waals surface area contributed by atoms with Gasteiger partial charge >= 0.3 is 0 Å². The Hall–Kier alpha value is -3.31. The minimum absolute atomic E-state index is 0.0462. The molecule has 4 rings (SSSR count). The molecule has 0 unspecified atom stereocenters. The molecule has 0 N–H and O–H groups in total. The SMILES string of the molecule is Cc1ccc(C2=C(SCc3ccccc3)C(=O)N(c3ccc(OC(C)C)cc3)C2=O)cc1C. The number of amides is 2. The molecule has 5 heteroatoms. The van der Waals surface area contributed by atoms with E-state index in [1.807, 2.05) is 76.2 Å². The fourth-order valence-corrected chi connectivity index (χ4v) is 4.77. The van der Waals surface area contributed by atoms with E-state index in [4.69, 9.17) is 4.74 Å². The predicted molar refractivity (Wildman–Crippen MR) is 135 cm³/mol. The van der Waals surface area contributed by atoms with E-state index in [0.717, 1.165) is 22.3 Å². The average molecular weight is 458 g/mol. The molecule has 168 valence electrons. The molecule has 0 saturated heterocycles. The van der Waals surface area contributed by atoms with Gasteiger partial charge < -0.3 is 4.74 Å². The number of imide groups is 1. The van der Waals surface area contributed by atoms with Crippen molar-refractivity contribution in [1.29, 1.82) is 0 Å². The Morgan fingerprint density at radius 2 is 1.55 bits per heavy atom. The number of ether oxygens (including phenoxy) is 1. The highest BCUT2D eigenvalue weighted by Gasteiger charge is 2.40. The number of carbonyl (C=O) groups is 2. The zero-order valence-electron chi connectivity index (χ0n) is 19.3. The maximum Gasteiger partial charge on any atom is 0.272 e. The van der Waals surface area contributed by atoms with Crippen LogP contribution in [0.5, 0.6) is 5.75 Å². The molecule has 0 aromatic heterocycles. The van der Waals surface area contributed by atoms with Gasteiger partial charge in [-0.2, -0.15) is 0 Å².